The SMILES string of the molecule is CCCCCC(C)C(=O)c1cc(C(=O)O)c(F)cc1Cl. The van der Waals surface area contributed by atoms with Gasteiger partial charge >= 0.3 is 5.97 Å². The van der Waals surface area contributed by atoms with Gasteiger partial charge in [-0.2, -0.15) is 0 Å². The highest BCUT2D eigenvalue weighted by atomic mass is 35.5. The van der Waals surface area contributed by atoms with Crippen molar-refractivity contribution in [3.63, 3.8) is 0 Å². The molecule has 3 nitrogen and oxygen atoms in total. The zero-order valence-electron chi connectivity index (χ0n) is 11.6. The Labute approximate surface area is 122 Å². The van der Waals surface area contributed by atoms with E-state index in [1.54, 1.807) is 6.92 Å². The molecular formula is C15H18ClFO3. The molecule has 0 aliphatic heterocycles. The number of halogens is 2. The second-order valence-electron chi connectivity index (χ2n) is 4.88. The average Bonchev–Trinajstić information content (AvgIpc) is 2.37. The molecule has 20 heavy (non-hydrogen) atoms. The van der Waals surface area contributed by atoms with E-state index >= 15 is 0 Å². The summed E-state index contributed by atoms with van der Waals surface area (Å²) in [5, 5.41) is 8.84. The van der Waals surface area contributed by atoms with Crippen LogP contribution in [-0.2, 0) is 0 Å². The summed E-state index contributed by atoms with van der Waals surface area (Å²) < 4.78 is 13.4. The van der Waals surface area contributed by atoms with E-state index in [0.717, 1.165) is 31.4 Å². The summed E-state index contributed by atoms with van der Waals surface area (Å²) in [6, 6.07) is 1.91. The van der Waals surface area contributed by atoms with Gasteiger partial charge in [0.15, 0.2) is 5.78 Å². The summed E-state index contributed by atoms with van der Waals surface area (Å²) in [5.41, 5.74) is -0.451. The van der Waals surface area contributed by atoms with Crippen molar-refractivity contribution in [1.29, 1.82) is 0 Å². The number of carbonyl (C=O) groups excluding carboxylic acids is 1. The van der Waals surface area contributed by atoms with Crippen LogP contribution < -0.4 is 0 Å². The Balaban J connectivity index is 2.97. The Morgan fingerprint density at radius 2 is 1.95 bits per heavy atom. The maximum atomic E-state index is 13.4. The van der Waals surface area contributed by atoms with Gasteiger partial charge in [-0.25, -0.2) is 9.18 Å². The van der Waals surface area contributed by atoms with Crippen molar-refractivity contribution in [3.8, 4) is 0 Å². The third-order valence-electron chi connectivity index (χ3n) is 3.24. The molecule has 1 N–H and O–H groups in total. The van der Waals surface area contributed by atoms with Crippen LogP contribution in [0.2, 0.25) is 5.02 Å². The minimum atomic E-state index is -1.41. The number of rotatable bonds is 7. The predicted octanol–water partition coefficient (Wildman–Crippen LogP) is 4.58. The lowest BCUT2D eigenvalue weighted by molar-refractivity contribution is 0.0692. The van der Waals surface area contributed by atoms with Gasteiger partial charge in [-0.1, -0.05) is 44.7 Å². The number of hydrogen-bond acceptors (Lipinski definition) is 2. The van der Waals surface area contributed by atoms with Crippen molar-refractivity contribution in [2.75, 3.05) is 0 Å². The molecule has 0 heterocycles. The third kappa shape index (κ3) is 4.04. The fraction of sp³-hybridized carbons (Fsp3) is 0.467. The first-order valence-corrected chi connectivity index (χ1v) is 7.02. The molecule has 5 heteroatoms. The molecule has 0 saturated carbocycles. The van der Waals surface area contributed by atoms with Crippen molar-refractivity contribution >= 4 is 23.4 Å². The molecule has 1 rings (SSSR count). The number of carboxylic acids is 1. The van der Waals surface area contributed by atoms with Gasteiger partial charge in [-0.15, -0.1) is 0 Å². The number of benzene rings is 1. The average molecular weight is 301 g/mol. The maximum absolute atomic E-state index is 13.4. The minimum Gasteiger partial charge on any atom is -0.478 e. The topological polar surface area (TPSA) is 54.4 Å². The van der Waals surface area contributed by atoms with Gasteiger partial charge in [0, 0.05) is 11.5 Å². The highest BCUT2D eigenvalue weighted by molar-refractivity contribution is 6.34. The van der Waals surface area contributed by atoms with Crippen LogP contribution in [0.1, 0.15) is 60.2 Å². The van der Waals surface area contributed by atoms with Gasteiger partial charge in [0.1, 0.15) is 5.82 Å². The molecule has 0 spiro atoms. The molecule has 0 aliphatic rings. The summed E-state index contributed by atoms with van der Waals surface area (Å²) in [7, 11) is 0. The van der Waals surface area contributed by atoms with Crippen LogP contribution in [0, 0.1) is 11.7 Å². The molecule has 0 saturated heterocycles. The van der Waals surface area contributed by atoms with Crippen LogP contribution in [0.4, 0.5) is 4.39 Å². The number of ketones is 1. The van der Waals surface area contributed by atoms with Gasteiger partial charge in [-0.05, 0) is 18.6 Å². The zero-order valence-corrected chi connectivity index (χ0v) is 12.3. The Bertz CT molecular complexity index is 514. The first-order valence-electron chi connectivity index (χ1n) is 6.65. The van der Waals surface area contributed by atoms with Crippen molar-refractivity contribution in [2.45, 2.75) is 39.5 Å². The highest BCUT2D eigenvalue weighted by Crippen LogP contribution is 2.25. The molecule has 0 radical (unpaired) electrons. The molecule has 0 aromatic heterocycles. The normalized spacial score (nSPS) is 12.2. The van der Waals surface area contributed by atoms with Gasteiger partial charge < -0.3 is 5.11 Å². The Morgan fingerprint density at radius 1 is 1.30 bits per heavy atom. The fourth-order valence-electron chi connectivity index (χ4n) is 2.00. The fourth-order valence-corrected chi connectivity index (χ4v) is 2.24. The molecule has 1 aromatic carbocycles. The Morgan fingerprint density at radius 3 is 2.50 bits per heavy atom. The lowest BCUT2D eigenvalue weighted by Crippen LogP contribution is -2.14. The summed E-state index contributed by atoms with van der Waals surface area (Å²) >= 11 is 5.85. The minimum absolute atomic E-state index is 0.0418. The predicted molar refractivity (Wildman–Crippen MR) is 76.0 cm³/mol. The Hall–Kier alpha value is -1.42. The van der Waals surface area contributed by atoms with E-state index < -0.39 is 17.3 Å². The number of hydrogen-bond donors (Lipinski definition) is 1. The van der Waals surface area contributed by atoms with Gasteiger partial charge in [0.2, 0.25) is 0 Å². The number of Topliss-reactive ketones (excluding diaryl/α,β-unsaturated/α-hetero) is 1. The number of carboxylic acid groups (broad SMARTS) is 1. The molecule has 0 amide bonds. The van der Waals surface area contributed by atoms with E-state index in [4.69, 9.17) is 16.7 Å². The number of carbonyl (C=O) groups is 2. The lowest BCUT2D eigenvalue weighted by Gasteiger charge is -2.12. The monoisotopic (exact) mass is 300 g/mol. The van der Waals surface area contributed by atoms with Crippen LogP contribution in [0.5, 0.6) is 0 Å². The van der Waals surface area contributed by atoms with Crippen LogP contribution in [0.15, 0.2) is 12.1 Å². The van der Waals surface area contributed by atoms with Crippen molar-refractivity contribution in [3.05, 3.63) is 34.1 Å². The van der Waals surface area contributed by atoms with Crippen LogP contribution in [0.25, 0.3) is 0 Å². The van der Waals surface area contributed by atoms with E-state index in [-0.39, 0.29) is 22.3 Å². The van der Waals surface area contributed by atoms with E-state index in [1.807, 2.05) is 0 Å². The highest BCUT2D eigenvalue weighted by Gasteiger charge is 2.22. The molecule has 0 bridgehead atoms. The molecule has 1 unspecified atom stereocenters. The standard InChI is InChI=1S/C15H18ClFO3/c1-3-4-5-6-9(2)14(18)10-7-11(15(19)20)13(17)8-12(10)16/h7-9H,3-6H2,1-2H3,(H,19,20). The van der Waals surface area contributed by atoms with Crippen molar-refractivity contribution in [2.24, 2.45) is 5.92 Å². The van der Waals surface area contributed by atoms with Crippen LogP contribution in [-0.4, -0.2) is 16.9 Å². The second kappa shape index (κ2) is 7.39. The second-order valence-corrected chi connectivity index (χ2v) is 5.29. The number of aromatic carboxylic acids is 1. The Kier molecular flexibility index (Phi) is 6.14. The third-order valence-corrected chi connectivity index (χ3v) is 3.55. The molecule has 110 valence electrons. The first-order chi connectivity index (χ1) is 9.38. The molecule has 0 aliphatic carbocycles. The first kappa shape index (κ1) is 16.6. The summed E-state index contributed by atoms with van der Waals surface area (Å²) in [6.07, 6.45) is 3.73. The van der Waals surface area contributed by atoms with E-state index in [9.17, 15) is 14.0 Å². The van der Waals surface area contributed by atoms with Gasteiger partial charge in [-0.3, -0.25) is 4.79 Å². The zero-order chi connectivity index (χ0) is 15.3. The summed E-state index contributed by atoms with van der Waals surface area (Å²) in [5.74, 6) is -2.84. The maximum Gasteiger partial charge on any atom is 0.338 e. The van der Waals surface area contributed by atoms with E-state index in [2.05, 4.69) is 6.92 Å². The largest absolute Gasteiger partial charge is 0.478 e. The van der Waals surface area contributed by atoms with E-state index in [0.29, 0.717) is 6.42 Å². The van der Waals surface area contributed by atoms with Crippen molar-refractivity contribution in [1.82, 2.24) is 0 Å². The number of unbranched alkanes of at least 4 members (excludes halogenated alkanes) is 2. The van der Waals surface area contributed by atoms with Crippen LogP contribution in [0.3, 0.4) is 0 Å². The van der Waals surface area contributed by atoms with Gasteiger partial charge in [0.05, 0.1) is 10.6 Å². The quantitative estimate of drug-likeness (QED) is 0.592. The molecule has 0 fully saturated rings. The molecule has 1 aromatic rings. The molecule has 1 atom stereocenters. The van der Waals surface area contributed by atoms with E-state index in [1.165, 1.54) is 0 Å². The lowest BCUT2D eigenvalue weighted by atomic mass is 9.93. The van der Waals surface area contributed by atoms with Crippen molar-refractivity contribution < 1.29 is 19.1 Å². The molecular weight excluding hydrogens is 283 g/mol. The van der Waals surface area contributed by atoms with Crippen LogP contribution >= 0.6 is 11.6 Å². The summed E-state index contributed by atoms with van der Waals surface area (Å²) in [4.78, 5) is 23.1. The van der Waals surface area contributed by atoms with Gasteiger partial charge in [0.25, 0.3) is 0 Å². The summed E-state index contributed by atoms with van der Waals surface area (Å²) in [6.45, 7) is 3.85. The smallest absolute Gasteiger partial charge is 0.338 e.